The van der Waals surface area contributed by atoms with Crippen molar-refractivity contribution >= 4 is 22.8 Å². The molecule has 2 heterocycles. The van der Waals surface area contributed by atoms with E-state index in [9.17, 15) is 13.6 Å². The molecule has 0 bridgehead atoms. The minimum atomic E-state index is -1.40. The number of hydrogen-bond acceptors (Lipinski definition) is 4. The molecular formula is C11H12ClF2N3O. The molecule has 2 atom stereocenters. The third-order valence-electron chi connectivity index (χ3n) is 3.31. The number of nitrogens with zero attached hydrogens (tertiary/aromatic N) is 3. The predicted octanol–water partition coefficient (Wildman–Crippen LogP) is 1.94. The second kappa shape index (κ2) is 4.76. The second-order valence-electron chi connectivity index (χ2n) is 4.56. The van der Waals surface area contributed by atoms with Crippen LogP contribution in [0.2, 0.25) is 0 Å². The standard InChI is InChI=1S/C11H12ClF2N3O/c1-11(9(12)18)2-3-17(6-8(11)14)10-15-4-7(13)5-16-10/h4-5,8H,2-3,6H2,1H3. The molecule has 4 nitrogen and oxygen atoms in total. The molecule has 1 aliphatic rings. The van der Waals surface area contributed by atoms with Crippen molar-refractivity contribution in [3.05, 3.63) is 18.2 Å². The smallest absolute Gasteiger partial charge is 0.230 e. The molecule has 18 heavy (non-hydrogen) atoms. The summed E-state index contributed by atoms with van der Waals surface area (Å²) in [4.78, 5) is 20.4. The van der Waals surface area contributed by atoms with Crippen molar-refractivity contribution in [3.63, 3.8) is 0 Å². The number of anilines is 1. The van der Waals surface area contributed by atoms with Crippen molar-refractivity contribution in [1.29, 1.82) is 0 Å². The van der Waals surface area contributed by atoms with Crippen molar-refractivity contribution in [1.82, 2.24) is 9.97 Å². The molecule has 2 unspecified atom stereocenters. The summed E-state index contributed by atoms with van der Waals surface area (Å²) in [7, 11) is 0. The topological polar surface area (TPSA) is 46.1 Å². The maximum absolute atomic E-state index is 14.0. The molecular weight excluding hydrogens is 264 g/mol. The summed E-state index contributed by atoms with van der Waals surface area (Å²) in [6, 6.07) is 0. The molecule has 0 aliphatic carbocycles. The molecule has 1 fully saturated rings. The number of rotatable bonds is 2. The van der Waals surface area contributed by atoms with Crippen LogP contribution in [0.15, 0.2) is 12.4 Å². The van der Waals surface area contributed by atoms with E-state index < -0.39 is 22.6 Å². The summed E-state index contributed by atoms with van der Waals surface area (Å²) in [5, 5.41) is -0.672. The van der Waals surface area contributed by atoms with Crippen LogP contribution in [-0.4, -0.2) is 34.5 Å². The van der Waals surface area contributed by atoms with Gasteiger partial charge in [0.05, 0.1) is 24.4 Å². The first-order chi connectivity index (χ1) is 8.43. The Morgan fingerprint density at radius 1 is 1.56 bits per heavy atom. The molecule has 1 aromatic heterocycles. The van der Waals surface area contributed by atoms with Crippen molar-refractivity contribution in [2.45, 2.75) is 19.5 Å². The molecule has 0 radical (unpaired) electrons. The Labute approximate surface area is 108 Å². The van der Waals surface area contributed by atoms with Crippen LogP contribution in [0.4, 0.5) is 14.7 Å². The summed E-state index contributed by atoms with van der Waals surface area (Å²) < 4.78 is 26.7. The van der Waals surface area contributed by atoms with Gasteiger partial charge in [-0.2, -0.15) is 0 Å². The first-order valence-electron chi connectivity index (χ1n) is 5.50. The Hall–Kier alpha value is -1.30. The number of carbonyl (C=O) groups excluding carboxylic acids is 1. The van der Waals surface area contributed by atoms with Gasteiger partial charge in [0.2, 0.25) is 11.2 Å². The highest BCUT2D eigenvalue weighted by molar-refractivity contribution is 6.64. The van der Waals surface area contributed by atoms with Gasteiger partial charge in [-0.1, -0.05) is 0 Å². The summed E-state index contributed by atoms with van der Waals surface area (Å²) >= 11 is 5.43. The van der Waals surface area contributed by atoms with E-state index in [4.69, 9.17) is 11.6 Å². The fourth-order valence-corrected chi connectivity index (χ4v) is 2.09. The molecule has 0 aromatic carbocycles. The van der Waals surface area contributed by atoms with Crippen molar-refractivity contribution in [3.8, 4) is 0 Å². The van der Waals surface area contributed by atoms with Crippen LogP contribution in [0.1, 0.15) is 13.3 Å². The lowest BCUT2D eigenvalue weighted by Gasteiger charge is -2.39. The van der Waals surface area contributed by atoms with E-state index in [1.165, 1.54) is 6.92 Å². The highest BCUT2D eigenvalue weighted by Gasteiger charge is 2.45. The third kappa shape index (κ3) is 2.29. The minimum absolute atomic E-state index is 0.0272. The number of hydrogen-bond donors (Lipinski definition) is 0. The third-order valence-corrected chi connectivity index (χ3v) is 3.74. The molecule has 7 heteroatoms. The summed E-state index contributed by atoms with van der Waals surface area (Å²) in [5.41, 5.74) is -1.17. The number of piperidine rings is 1. The van der Waals surface area contributed by atoms with Gasteiger partial charge in [-0.3, -0.25) is 4.79 Å². The zero-order valence-electron chi connectivity index (χ0n) is 9.74. The monoisotopic (exact) mass is 275 g/mol. The number of alkyl halides is 1. The van der Waals surface area contributed by atoms with Gasteiger partial charge in [0.15, 0.2) is 5.82 Å². The molecule has 2 rings (SSSR count). The average molecular weight is 276 g/mol. The number of carbonyl (C=O) groups is 1. The van der Waals surface area contributed by atoms with E-state index in [1.807, 2.05) is 0 Å². The maximum Gasteiger partial charge on any atom is 0.230 e. The van der Waals surface area contributed by atoms with Crippen LogP contribution < -0.4 is 4.90 Å². The largest absolute Gasteiger partial charge is 0.338 e. The van der Waals surface area contributed by atoms with Gasteiger partial charge in [-0.05, 0) is 24.9 Å². The summed E-state index contributed by atoms with van der Waals surface area (Å²) in [5.74, 6) is -0.295. The van der Waals surface area contributed by atoms with Gasteiger partial charge < -0.3 is 4.90 Å². The van der Waals surface area contributed by atoms with E-state index in [-0.39, 0.29) is 18.9 Å². The molecule has 98 valence electrons. The van der Waals surface area contributed by atoms with Crippen LogP contribution in [0.5, 0.6) is 0 Å². The number of halogens is 3. The van der Waals surface area contributed by atoms with Gasteiger partial charge in [-0.15, -0.1) is 0 Å². The lowest BCUT2D eigenvalue weighted by molar-refractivity contribution is -0.124. The lowest BCUT2D eigenvalue weighted by Crippen LogP contribution is -2.50. The highest BCUT2D eigenvalue weighted by Crippen LogP contribution is 2.36. The Bertz CT molecular complexity index is 456. The normalized spacial score (nSPS) is 28.2. The van der Waals surface area contributed by atoms with Gasteiger partial charge in [-0.25, -0.2) is 18.7 Å². The van der Waals surface area contributed by atoms with E-state index in [1.54, 1.807) is 4.90 Å². The highest BCUT2D eigenvalue weighted by atomic mass is 35.5. The quantitative estimate of drug-likeness (QED) is 0.774. The lowest BCUT2D eigenvalue weighted by atomic mass is 9.80. The van der Waals surface area contributed by atoms with Crippen LogP contribution in [0.25, 0.3) is 0 Å². The Morgan fingerprint density at radius 3 is 2.67 bits per heavy atom. The van der Waals surface area contributed by atoms with Gasteiger partial charge in [0.1, 0.15) is 6.17 Å². The van der Waals surface area contributed by atoms with Crippen LogP contribution in [-0.2, 0) is 4.79 Å². The maximum atomic E-state index is 14.0. The zero-order chi connectivity index (χ0) is 13.3. The second-order valence-corrected chi connectivity index (χ2v) is 4.90. The number of aromatic nitrogens is 2. The van der Waals surface area contributed by atoms with Crippen LogP contribution in [0, 0.1) is 11.2 Å². The molecule has 1 saturated heterocycles. The van der Waals surface area contributed by atoms with Crippen LogP contribution >= 0.6 is 11.6 Å². The molecule has 0 saturated carbocycles. The average Bonchev–Trinajstić information content (AvgIpc) is 2.33. The molecule has 0 amide bonds. The Morgan fingerprint density at radius 2 is 2.17 bits per heavy atom. The predicted molar refractivity (Wildman–Crippen MR) is 62.7 cm³/mol. The Kier molecular flexibility index (Phi) is 3.47. The van der Waals surface area contributed by atoms with E-state index in [0.717, 1.165) is 12.4 Å². The van der Waals surface area contributed by atoms with Crippen LogP contribution in [0.3, 0.4) is 0 Å². The zero-order valence-corrected chi connectivity index (χ0v) is 10.5. The first kappa shape index (κ1) is 13.1. The fraction of sp³-hybridized carbons (Fsp3) is 0.545. The first-order valence-corrected chi connectivity index (χ1v) is 5.88. The Balaban J connectivity index is 2.13. The molecule has 1 aromatic rings. The van der Waals surface area contributed by atoms with Crippen molar-refractivity contribution < 1.29 is 13.6 Å². The molecule has 0 N–H and O–H groups in total. The summed E-state index contributed by atoms with van der Waals surface area (Å²) in [6.07, 6.45) is 0.925. The van der Waals surface area contributed by atoms with Crippen molar-refractivity contribution in [2.24, 2.45) is 5.41 Å². The van der Waals surface area contributed by atoms with Gasteiger partial charge in [0, 0.05) is 6.54 Å². The van der Waals surface area contributed by atoms with Gasteiger partial charge in [0.25, 0.3) is 0 Å². The van der Waals surface area contributed by atoms with E-state index in [2.05, 4.69) is 9.97 Å². The molecule has 0 spiro atoms. The summed E-state index contributed by atoms with van der Waals surface area (Å²) in [6.45, 7) is 1.89. The van der Waals surface area contributed by atoms with E-state index >= 15 is 0 Å². The van der Waals surface area contributed by atoms with Gasteiger partial charge >= 0.3 is 0 Å². The fourth-order valence-electron chi connectivity index (χ4n) is 1.88. The van der Waals surface area contributed by atoms with Crippen molar-refractivity contribution in [2.75, 3.05) is 18.0 Å². The van der Waals surface area contributed by atoms with E-state index in [0.29, 0.717) is 6.54 Å². The molecule has 1 aliphatic heterocycles. The minimum Gasteiger partial charge on any atom is -0.338 e. The SMILES string of the molecule is CC1(C(=O)Cl)CCN(c2ncc(F)cn2)CC1F.